The summed E-state index contributed by atoms with van der Waals surface area (Å²) in [5, 5.41) is 10.4. The number of aryl methyl sites for hydroxylation is 1. The number of anilines is 2. The molecule has 0 aliphatic carbocycles. The molecule has 5 rings (SSSR count). The van der Waals surface area contributed by atoms with Crippen LogP contribution in [0, 0.1) is 6.92 Å². The molecule has 0 bridgehead atoms. The number of aromatic nitrogens is 3. The van der Waals surface area contributed by atoms with Crippen molar-refractivity contribution in [1.29, 1.82) is 0 Å². The van der Waals surface area contributed by atoms with Gasteiger partial charge in [0.2, 0.25) is 0 Å². The van der Waals surface area contributed by atoms with Crippen LogP contribution in [0.5, 0.6) is 0 Å². The second kappa shape index (κ2) is 8.03. The number of imidazole rings is 1. The number of amides is 1. The maximum absolute atomic E-state index is 12.4. The highest BCUT2D eigenvalue weighted by Gasteiger charge is 2.26. The van der Waals surface area contributed by atoms with E-state index < -0.39 is 6.09 Å². The van der Waals surface area contributed by atoms with Gasteiger partial charge in [0.1, 0.15) is 11.8 Å². The van der Waals surface area contributed by atoms with Gasteiger partial charge in [0.15, 0.2) is 5.82 Å². The maximum atomic E-state index is 12.4. The van der Waals surface area contributed by atoms with E-state index in [-0.39, 0.29) is 5.82 Å². The van der Waals surface area contributed by atoms with Gasteiger partial charge in [-0.05, 0) is 41.8 Å². The van der Waals surface area contributed by atoms with Crippen LogP contribution in [0.2, 0.25) is 5.02 Å². The fourth-order valence-electron chi connectivity index (χ4n) is 3.93. The van der Waals surface area contributed by atoms with E-state index in [0.717, 1.165) is 27.8 Å². The number of benzene rings is 3. The summed E-state index contributed by atoms with van der Waals surface area (Å²) < 4.78 is 1.81. The van der Waals surface area contributed by atoms with Crippen LogP contribution in [0.15, 0.2) is 73.2 Å². The van der Waals surface area contributed by atoms with E-state index in [9.17, 15) is 14.7 Å². The lowest BCUT2D eigenvalue weighted by atomic mass is 10.0. The first kappa shape index (κ1) is 20.7. The Morgan fingerprint density at radius 1 is 1.06 bits per heavy atom. The van der Waals surface area contributed by atoms with E-state index in [1.54, 1.807) is 49.8 Å². The Morgan fingerprint density at radius 3 is 2.52 bits per heavy atom. The highest BCUT2D eigenvalue weighted by molar-refractivity contribution is 6.34. The number of nitrogens with zero attached hydrogens (tertiary/aromatic N) is 4. The number of fused-ring (bicyclic) bond motifs is 3. The fraction of sp³-hybridized carbons (Fsp3) is 0.0400. The number of halogens is 1. The van der Waals surface area contributed by atoms with Crippen molar-refractivity contribution in [3.63, 3.8) is 0 Å². The molecule has 8 heteroatoms. The molecule has 3 aromatic carbocycles. The van der Waals surface area contributed by atoms with Crippen molar-refractivity contribution in [2.45, 2.75) is 6.92 Å². The number of para-hydroxylation sites is 1. The fourth-order valence-corrected chi connectivity index (χ4v) is 4.24. The quantitative estimate of drug-likeness (QED) is 0.328. The third kappa shape index (κ3) is 3.48. The van der Waals surface area contributed by atoms with Gasteiger partial charge in [0.05, 0.1) is 34.3 Å². The van der Waals surface area contributed by atoms with Gasteiger partial charge >= 0.3 is 6.09 Å². The Kier molecular flexibility index (Phi) is 5.03. The normalized spacial score (nSPS) is 11.1. The minimum absolute atomic E-state index is 0.215. The lowest BCUT2D eigenvalue weighted by molar-refractivity contribution is 0.112. The van der Waals surface area contributed by atoms with Crippen molar-refractivity contribution >= 4 is 52.0 Å². The molecule has 0 saturated heterocycles. The standard InChI is InChI=1S/C25H17ClN4O3/c1-15-3-2-4-19(26)23(15)30(25(32)33)24-22-12-27-14-29(22)21-11-18(9-10-20(21)28-24)17-7-5-16(13-31)6-8-17/h2-14H,1H3,(H,32,33). The lowest BCUT2D eigenvalue weighted by Gasteiger charge is -2.23. The summed E-state index contributed by atoms with van der Waals surface area (Å²) in [4.78, 5) is 33.4. The molecule has 2 heterocycles. The highest BCUT2D eigenvalue weighted by Crippen LogP contribution is 2.37. The minimum atomic E-state index is -1.20. The summed E-state index contributed by atoms with van der Waals surface area (Å²) in [6, 6.07) is 18.2. The number of hydrogen-bond acceptors (Lipinski definition) is 4. The molecule has 0 saturated carbocycles. The molecule has 1 N–H and O–H groups in total. The molecule has 162 valence electrons. The molecular weight excluding hydrogens is 440 g/mol. The summed E-state index contributed by atoms with van der Waals surface area (Å²) in [7, 11) is 0. The van der Waals surface area contributed by atoms with Gasteiger partial charge in [-0.1, -0.05) is 54.1 Å². The first-order chi connectivity index (χ1) is 16.0. The first-order valence-corrected chi connectivity index (χ1v) is 10.5. The van der Waals surface area contributed by atoms with Crippen molar-refractivity contribution in [1.82, 2.24) is 14.4 Å². The van der Waals surface area contributed by atoms with Gasteiger partial charge in [0, 0.05) is 5.56 Å². The number of carbonyl (C=O) groups is 2. The molecule has 0 aliphatic heterocycles. The van der Waals surface area contributed by atoms with E-state index in [4.69, 9.17) is 16.6 Å². The van der Waals surface area contributed by atoms with E-state index >= 15 is 0 Å². The Hall–Kier alpha value is -4.23. The van der Waals surface area contributed by atoms with Crippen LogP contribution in [0.3, 0.4) is 0 Å². The van der Waals surface area contributed by atoms with E-state index in [1.165, 1.54) is 0 Å². The van der Waals surface area contributed by atoms with Crippen LogP contribution in [-0.2, 0) is 0 Å². The first-order valence-electron chi connectivity index (χ1n) is 10.1. The van der Waals surface area contributed by atoms with Gasteiger partial charge in [0.25, 0.3) is 0 Å². The molecule has 0 unspecified atom stereocenters. The molecule has 5 aromatic rings. The average molecular weight is 457 g/mol. The zero-order chi connectivity index (χ0) is 23.1. The zero-order valence-corrected chi connectivity index (χ0v) is 18.2. The maximum Gasteiger partial charge on any atom is 0.417 e. The van der Waals surface area contributed by atoms with Crippen LogP contribution in [0.25, 0.3) is 27.7 Å². The summed E-state index contributed by atoms with van der Waals surface area (Å²) in [5.74, 6) is 0.215. The number of aldehydes is 1. The molecule has 0 atom stereocenters. The molecular formula is C25H17ClN4O3. The molecule has 0 fully saturated rings. The van der Waals surface area contributed by atoms with Gasteiger partial charge in [-0.2, -0.15) is 0 Å². The predicted octanol–water partition coefficient (Wildman–Crippen LogP) is 6.14. The molecule has 1 amide bonds. The lowest BCUT2D eigenvalue weighted by Crippen LogP contribution is -2.26. The molecule has 0 radical (unpaired) electrons. The van der Waals surface area contributed by atoms with Crippen LogP contribution in [0.4, 0.5) is 16.3 Å². The molecule has 7 nitrogen and oxygen atoms in total. The van der Waals surface area contributed by atoms with Crippen molar-refractivity contribution < 1.29 is 14.7 Å². The summed E-state index contributed by atoms with van der Waals surface area (Å²) in [5.41, 5.74) is 5.43. The molecule has 0 aliphatic rings. The van der Waals surface area contributed by atoms with Crippen molar-refractivity contribution in [3.8, 4) is 11.1 Å². The Bertz CT molecular complexity index is 1520. The third-order valence-electron chi connectivity index (χ3n) is 5.52. The smallest absolute Gasteiger partial charge is 0.417 e. The second-order valence-corrected chi connectivity index (χ2v) is 7.96. The van der Waals surface area contributed by atoms with Gasteiger partial charge < -0.3 is 5.11 Å². The molecule has 2 aromatic heterocycles. The van der Waals surface area contributed by atoms with Crippen LogP contribution < -0.4 is 4.90 Å². The van der Waals surface area contributed by atoms with E-state index in [0.29, 0.717) is 32.9 Å². The Labute approximate surface area is 193 Å². The average Bonchev–Trinajstić information content (AvgIpc) is 3.31. The topological polar surface area (TPSA) is 87.8 Å². The third-order valence-corrected chi connectivity index (χ3v) is 5.83. The Balaban J connectivity index is 1.73. The van der Waals surface area contributed by atoms with Crippen molar-refractivity contribution in [2.24, 2.45) is 0 Å². The van der Waals surface area contributed by atoms with Crippen LogP contribution >= 0.6 is 11.6 Å². The van der Waals surface area contributed by atoms with Crippen LogP contribution in [0.1, 0.15) is 15.9 Å². The number of carboxylic acid groups (broad SMARTS) is 1. The number of hydrogen-bond donors (Lipinski definition) is 1. The van der Waals surface area contributed by atoms with Crippen molar-refractivity contribution in [2.75, 3.05) is 4.90 Å². The number of carbonyl (C=O) groups excluding carboxylic acids is 1. The monoisotopic (exact) mass is 456 g/mol. The van der Waals surface area contributed by atoms with E-state index in [2.05, 4.69) is 4.98 Å². The summed E-state index contributed by atoms with van der Waals surface area (Å²) in [6.45, 7) is 1.80. The second-order valence-electron chi connectivity index (χ2n) is 7.55. The zero-order valence-electron chi connectivity index (χ0n) is 17.4. The van der Waals surface area contributed by atoms with Gasteiger partial charge in [-0.3, -0.25) is 9.20 Å². The SMILES string of the molecule is Cc1cccc(Cl)c1N(C(=O)O)c1nc2ccc(-c3ccc(C=O)cc3)cc2n2cncc12. The predicted molar refractivity (Wildman–Crippen MR) is 128 cm³/mol. The Morgan fingerprint density at radius 2 is 1.82 bits per heavy atom. The summed E-state index contributed by atoms with van der Waals surface area (Å²) in [6.07, 6.45) is 2.81. The largest absolute Gasteiger partial charge is 0.464 e. The molecule has 33 heavy (non-hydrogen) atoms. The van der Waals surface area contributed by atoms with Crippen LogP contribution in [-0.4, -0.2) is 31.9 Å². The summed E-state index contributed by atoms with van der Waals surface area (Å²) >= 11 is 6.39. The van der Waals surface area contributed by atoms with Crippen molar-refractivity contribution in [3.05, 3.63) is 89.3 Å². The minimum Gasteiger partial charge on any atom is -0.464 e. The molecule has 0 spiro atoms. The highest BCUT2D eigenvalue weighted by atomic mass is 35.5. The van der Waals surface area contributed by atoms with Gasteiger partial charge in [-0.15, -0.1) is 0 Å². The van der Waals surface area contributed by atoms with E-state index in [1.807, 2.05) is 34.7 Å². The number of rotatable bonds is 4. The van der Waals surface area contributed by atoms with Gasteiger partial charge in [-0.25, -0.2) is 19.7 Å².